The van der Waals surface area contributed by atoms with Crippen molar-refractivity contribution in [1.29, 1.82) is 0 Å². The first-order chi connectivity index (χ1) is 12.7. The molecule has 1 unspecified atom stereocenters. The van der Waals surface area contributed by atoms with Gasteiger partial charge in [-0.3, -0.25) is 9.59 Å². The Morgan fingerprint density at radius 2 is 2.08 bits per heavy atom. The molecule has 0 aromatic carbocycles. The number of piperidine rings is 1. The van der Waals surface area contributed by atoms with E-state index in [4.69, 9.17) is 4.42 Å². The van der Waals surface area contributed by atoms with Crippen molar-refractivity contribution in [2.24, 2.45) is 5.92 Å². The summed E-state index contributed by atoms with van der Waals surface area (Å²) in [5.74, 6) is 0.769. The van der Waals surface area contributed by atoms with Crippen LogP contribution in [0.15, 0.2) is 22.7 Å². The van der Waals surface area contributed by atoms with Crippen molar-refractivity contribution in [3.63, 3.8) is 0 Å². The summed E-state index contributed by atoms with van der Waals surface area (Å²) < 4.78 is 5.62. The Bertz CT molecular complexity index is 861. The molecule has 2 amide bonds. The monoisotopic (exact) mass is 354 g/mol. The molecule has 5 heterocycles. The van der Waals surface area contributed by atoms with Crippen molar-refractivity contribution in [3.8, 4) is 0 Å². The van der Waals surface area contributed by atoms with Gasteiger partial charge in [-0.2, -0.15) is 0 Å². The summed E-state index contributed by atoms with van der Waals surface area (Å²) in [6, 6.07) is 3.61. The minimum Gasteiger partial charge on any atom is -0.449 e. The van der Waals surface area contributed by atoms with Gasteiger partial charge in [-0.05, 0) is 43.9 Å². The second kappa shape index (κ2) is 6.09. The zero-order chi connectivity index (χ0) is 17.7. The van der Waals surface area contributed by atoms with Gasteiger partial charge in [0.1, 0.15) is 5.69 Å². The molecule has 2 bridgehead atoms. The molecule has 5 rings (SSSR count). The van der Waals surface area contributed by atoms with Crippen LogP contribution in [0.5, 0.6) is 0 Å². The molecule has 136 valence electrons. The van der Waals surface area contributed by atoms with Gasteiger partial charge in [-0.1, -0.05) is 0 Å². The van der Waals surface area contributed by atoms with Gasteiger partial charge in [0.15, 0.2) is 11.3 Å². The maximum Gasteiger partial charge on any atom is 0.289 e. The fourth-order valence-corrected chi connectivity index (χ4v) is 4.27. The molecule has 0 saturated carbocycles. The molecular weight excluding hydrogens is 332 g/mol. The first kappa shape index (κ1) is 15.8. The summed E-state index contributed by atoms with van der Waals surface area (Å²) in [6.45, 7) is 4.79. The average molecular weight is 354 g/mol. The molecule has 3 saturated heterocycles. The quantitative estimate of drug-likeness (QED) is 0.904. The molecule has 0 spiro atoms. The number of nitrogens with one attached hydrogen (secondary N) is 1. The second-order valence-corrected chi connectivity index (χ2v) is 7.68. The number of hydrogen-bond donors (Lipinski definition) is 1. The SMILES string of the molecule is O=C(N[C@@H]1C[C@H]2CCN(C2)C1)c1cc2cc(C(=O)N3CCC3)oc2cn1. The summed E-state index contributed by atoms with van der Waals surface area (Å²) >= 11 is 0. The van der Waals surface area contributed by atoms with E-state index in [0.29, 0.717) is 23.0 Å². The smallest absolute Gasteiger partial charge is 0.289 e. The summed E-state index contributed by atoms with van der Waals surface area (Å²) in [7, 11) is 0. The van der Waals surface area contributed by atoms with Crippen molar-refractivity contribution < 1.29 is 14.0 Å². The number of aromatic nitrogens is 1. The fourth-order valence-electron chi connectivity index (χ4n) is 4.27. The lowest BCUT2D eigenvalue weighted by atomic mass is 9.97. The number of carbonyl (C=O) groups is 2. The van der Waals surface area contributed by atoms with Gasteiger partial charge >= 0.3 is 0 Å². The fraction of sp³-hybridized carbons (Fsp3) is 0.526. The Labute approximate surface area is 151 Å². The lowest BCUT2D eigenvalue weighted by Crippen LogP contribution is -2.47. The number of amides is 2. The Morgan fingerprint density at radius 1 is 1.19 bits per heavy atom. The van der Waals surface area contributed by atoms with Crippen LogP contribution in [0, 0.1) is 5.92 Å². The van der Waals surface area contributed by atoms with Crippen LogP contribution in [0.1, 0.15) is 40.3 Å². The summed E-state index contributed by atoms with van der Waals surface area (Å²) in [5, 5.41) is 3.86. The summed E-state index contributed by atoms with van der Waals surface area (Å²) in [5.41, 5.74) is 0.904. The van der Waals surface area contributed by atoms with Gasteiger partial charge in [0.2, 0.25) is 0 Å². The molecular formula is C19H22N4O3. The highest BCUT2D eigenvalue weighted by Gasteiger charge is 2.33. The number of carbonyl (C=O) groups excluding carboxylic acids is 2. The molecule has 0 aliphatic carbocycles. The molecule has 7 nitrogen and oxygen atoms in total. The van der Waals surface area contributed by atoms with E-state index in [1.165, 1.54) is 19.2 Å². The van der Waals surface area contributed by atoms with Crippen molar-refractivity contribution in [2.75, 3.05) is 32.7 Å². The molecule has 26 heavy (non-hydrogen) atoms. The maximum atomic E-state index is 12.6. The highest BCUT2D eigenvalue weighted by Crippen LogP contribution is 2.27. The first-order valence-electron chi connectivity index (χ1n) is 9.38. The third kappa shape index (κ3) is 2.76. The van der Waals surface area contributed by atoms with Crippen LogP contribution in [0.25, 0.3) is 11.0 Å². The van der Waals surface area contributed by atoms with Gasteiger partial charge in [0.25, 0.3) is 11.8 Å². The molecule has 2 aromatic rings. The maximum absolute atomic E-state index is 12.6. The number of fused-ring (bicyclic) bond motifs is 3. The lowest BCUT2D eigenvalue weighted by molar-refractivity contribution is 0.0621. The van der Waals surface area contributed by atoms with E-state index in [0.717, 1.165) is 44.4 Å². The van der Waals surface area contributed by atoms with Gasteiger partial charge in [-0.15, -0.1) is 0 Å². The predicted molar refractivity (Wildman–Crippen MR) is 94.9 cm³/mol. The highest BCUT2D eigenvalue weighted by atomic mass is 16.3. The number of rotatable bonds is 3. The highest BCUT2D eigenvalue weighted by molar-refractivity contribution is 5.99. The Balaban J connectivity index is 1.32. The number of hydrogen-bond acceptors (Lipinski definition) is 5. The van der Waals surface area contributed by atoms with Crippen molar-refractivity contribution >= 4 is 22.8 Å². The molecule has 0 radical (unpaired) electrons. The van der Waals surface area contributed by atoms with Crippen molar-refractivity contribution in [3.05, 3.63) is 29.8 Å². The topological polar surface area (TPSA) is 78.7 Å². The van der Waals surface area contributed by atoms with E-state index in [1.807, 2.05) is 0 Å². The van der Waals surface area contributed by atoms with E-state index < -0.39 is 0 Å². The van der Waals surface area contributed by atoms with Crippen molar-refractivity contribution in [1.82, 2.24) is 20.1 Å². The predicted octanol–water partition coefficient (Wildman–Crippen LogP) is 1.50. The normalized spacial score (nSPS) is 27.4. The van der Waals surface area contributed by atoms with Crippen molar-refractivity contribution in [2.45, 2.75) is 25.3 Å². The van der Waals surface area contributed by atoms with E-state index in [1.54, 1.807) is 17.0 Å². The van der Waals surface area contributed by atoms with Crippen LogP contribution in [0.2, 0.25) is 0 Å². The number of nitrogens with zero attached hydrogens (tertiary/aromatic N) is 3. The minimum absolute atomic E-state index is 0.0924. The van der Waals surface area contributed by atoms with Crippen LogP contribution < -0.4 is 5.32 Å². The third-order valence-corrected chi connectivity index (χ3v) is 5.79. The molecule has 3 fully saturated rings. The van der Waals surface area contributed by atoms with E-state index in [9.17, 15) is 9.59 Å². The zero-order valence-corrected chi connectivity index (χ0v) is 14.6. The van der Waals surface area contributed by atoms with Crippen LogP contribution in [-0.2, 0) is 0 Å². The van der Waals surface area contributed by atoms with Crippen LogP contribution in [0.3, 0.4) is 0 Å². The van der Waals surface area contributed by atoms with Gasteiger partial charge < -0.3 is 19.5 Å². The van der Waals surface area contributed by atoms with E-state index >= 15 is 0 Å². The zero-order valence-electron chi connectivity index (χ0n) is 14.6. The standard InChI is InChI=1S/C19H22N4O3/c24-18(21-14-6-12-2-5-22(10-12)11-14)15-7-13-8-16(26-17(13)9-20-15)19(25)23-3-1-4-23/h7-9,12,14H,1-6,10-11H2,(H,21,24)/t12-,14-/m1/s1. The number of pyridine rings is 1. The molecule has 3 aliphatic heterocycles. The van der Waals surface area contributed by atoms with E-state index in [2.05, 4.69) is 15.2 Å². The number of furan rings is 1. The van der Waals surface area contributed by atoms with Gasteiger partial charge in [-0.25, -0.2) is 4.98 Å². The second-order valence-electron chi connectivity index (χ2n) is 7.68. The first-order valence-corrected chi connectivity index (χ1v) is 9.38. The Hall–Kier alpha value is -2.41. The third-order valence-electron chi connectivity index (χ3n) is 5.79. The largest absolute Gasteiger partial charge is 0.449 e. The average Bonchev–Trinajstić information content (AvgIpc) is 3.15. The minimum atomic E-state index is -0.156. The van der Waals surface area contributed by atoms with Crippen LogP contribution >= 0.6 is 0 Å². The molecule has 7 heteroatoms. The molecule has 3 aliphatic rings. The lowest BCUT2D eigenvalue weighted by Gasteiger charge is -2.30. The van der Waals surface area contributed by atoms with Crippen LogP contribution in [-0.4, -0.2) is 65.4 Å². The molecule has 1 N–H and O–H groups in total. The summed E-state index contributed by atoms with van der Waals surface area (Å²) in [4.78, 5) is 33.3. The van der Waals surface area contributed by atoms with Crippen LogP contribution in [0.4, 0.5) is 0 Å². The van der Waals surface area contributed by atoms with Gasteiger partial charge in [0.05, 0.1) is 6.20 Å². The molecule has 3 atom stereocenters. The Morgan fingerprint density at radius 3 is 2.85 bits per heavy atom. The Kier molecular flexibility index (Phi) is 3.70. The van der Waals surface area contributed by atoms with Gasteiger partial charge in [0, 0.05) is 37.6 Å². The van der Waals surface area contributed by atoms with E-state index in [-0.39, 0.29) is 17.9 Å². The number of likely N-dealkylation sites (tertiary alicyclic amines) is 1. The summed E-state index contributed by atoms with van der Waals surface area (Å²) in [6.07, 6.45) is 4.85. The molecule has 2 aromatic heterocycles.